The van der Waals surface area contributed by atoms with E-state index < -0.39 is 43.5 Å². The fourth-order valence-corrected chi connectivity index (χ4v) is 5.33. The molecule has 3 aromatic rings. The fraction of sp³-hybridized carbons (Fsp3) is 0.259. The van der Waals surface area contributed by atoms with Crippen LogP contribution in [0.2, 0.25) is 0 Å². The second-order valence-corrected chi connectivity index (χ2v) is 11.0. The van der Waals surface area contributed by atoms with E-state index in [9.17, 15) is 32.2 Å². The molecule has 0 heterocycles. The lowest BCUT2D eigenvalue weighted by Crippen LogP contribution is -2.36. The van der Waals surface area contributed by atoms with Crippen molar-refractivity contribution in [2.75, 3.05) is 0 Å². The molecular weight excluding hydrogens is 538 g/mol. The summed E-state index contributed by atoms with van der Waals surface area (Å²) in [5.74, 6) is -2.67. The molecule has 0 saturated heterocycles. The Morgan fingerprint density at radius 1 is 0.846 bits per heavy atom. The molecule has 2 atom stereocenters. The highest BCUT2D eigenvalue weighted by Gasteiger charge is 2.35. The first-order chi connectivity index (χ1) is 18.5. The lowest BCUT2D eigenvalue weighted by atomic mass is 10.2. The summed E-state index contributed by atoms with van der Waals surface area (Å²) in [5.41, 5.74) is 1.50. The van der Waals surface area contributed by atoms with Crippen molar-refractivity contribution in [1.29, 1.82) is 0 Å². The highest BCUT2D eigenvalue weighted by Crippen LogP contribution is 2.50. The molecule has 2 unspecified atom stereocenters. The molecule has 3 rings (SSSR count). The Balaban J connectivity index is 1.68. The van der Waals surface area contributed by atoms with Crippen LogP contribution in [0.4, 0.5) is 18.0 Å². The predicted octanol–water partition coefficient (Wildman–Crippen LogP) is 6.13. The minimum absolute atomic E-state index is 0.000328. The molecule has 0 aliphatic heterocycles. The average molecular weight is 565 g/mol. The van der Waals surface area contributed by atoms with E-state index >= 15 is 0 Å². The number of hydrogen-bond acceptors (Lipinski definition) is 6. The molecule has 208 valence electrons. The molecule has 39 heavy (non-hydrogen) atoms. The van der Waals surface area contributed by atoms with Gasteiger partial charge in [0.1, 0.15) is 24.7 Å². The van der Waals surface area contributed by atoms with Crippen LogP contribution in [0.1, 0.15) is 29.5 Å². The predicted molar refractivity (Wildman–Crippen MR) is 136 cm³/mol. The number of benzene rings is 3. The van der Waals surface area contributed by atoms with Crippen LogP contribution >= 0.6 is 7.37 Å². The summed E-state index contributed by atoms with van der Waals surface area (Å²) in [6.07, 6.45) is -7.11. The molecular formula is C27H27F3NO7P. The Labute approximate surface area is 223 Å². The summed E-state index contributed by atoms with van der Waals surface area (Å²) in [6, 6.07) is 22.3. The van der Waals surface area contributed by atoms with E-state index in [-0.39, 0.29) is 31.6 Å². The van der Waals surface area contributed by atoms with Crippen LogP contribution in [0.3, 0.4) is 0 Å². The summed E-state index contributed by atoms with van der Waals surface area (Å²) < 4.78 is 65.4. The summed E-state index contributed by atoms with van der Waals surface area (Å²) in [4.78, 5) is 35.7. The molecule has 1 amide bonds. The molecule has 0 saturated carbocycles. The summed E-state index contributed by atoms with van der Waals surface area (Å²) in [7, 11) is -4.33. The third-order valence-electron chi connectivity index (χ3n) is 5.39. The molecule has 8 nitrogen and oxygen atoms in total. The van der Waals surface area contributed by atoms with E-state index in [2.05, 4.69) is 10.1 Å². The maximum atomic E-state index is 13.4. The van der Waals surface area contributed by atoms with E-state index in [0.29, 0.717) is 5.56 Å². The zero-order valence-electron chi connectivity index (χ0n) is 20.7. The largest absolute Gasteiger partial charge is 0.573 e. The van der Waals surface area contributed by atoms with E-state index in [4.69, 9.17) is 9.47 Å². The van der Waals surface area contributed by atoms with Crippen molar-refractivity contribution in [3.63, 3.8) is 0 Å². The van der Waals surface area contributed by atoms with Crippen LogP contribution in [0, 0.1) is 0 Å². The normalized spacial score (nSPS) is 13.5. The fourth-order valence-electron chi connectivity index (χ4n) is 3.55. The number of carbonyl (C=O) groups is 2. The van der Waals surface area contributed by atoms with Gasteiger partial charge in [0.2, 0.25) is 7.37 Å². The third-order valence-corrected chi connectivity index (χ3v) is 7.57. The summed E-state index contributed by atoms with van der Waals surface area (Å²) >= 11 is 0. The van der Waals surface area contributed by atoms with Gasteiger partial charge in [0.25, 0.3) is 0 Å². The van der Waals surface area contributed by atoms with Gasteiger partial charge < -0.3 is 24.4 Å². The van der Waals surface area contributed by atoms with E-state index in [1.165, 1.54) is 12.1 Å². The minimum Gasteiger partial charge on any atom is -0.461 e. The number of alkyl carbamates (subject to hydrolysis) is 1. The number of halogens is 3. The number of amides is 1. The molecule has 0 aromatic heterocycles. The Morgan fingerprint density at radius 2 is 1.41 bits per heavy atom. The zero-order valence-corrected chi connectivity index (χ0v) is 21.6. The first-order valence-electron chi connectivity index (χ1n) is 11.8. The lowest BCUT2D eigenvalue weighted by Gasteiger charge is -2.24. The highest BCUT2D eigenvalue weighted by molar-refractivity contribution is 7.57. The van der Waals surface area contributed by atoms with Gasteiger partial charge in [-0.2, -0.15) is 0 Å². The Hall–Kier alpha value is -3.82. The Kier molecular flexibility index (Phi) is 10.5. The molecule has 0 fully saturated rings. The van der Waals surface area contributed by atoms with Crippen LogP contribution in [-0.4, -0.2) is 29.1 Å². The van der Waals surface area contributed by atoms with Crippen LogP contribution in [-0.2, 0) is 38.2 Å². The van der Waals surface area contributed by atoms with Crippen molar-refractivity contribution in [1.82, 2.24) is 5.32 Å². The Bertz CT molecular complexity index is 1270. The number of alkyl halides is 3. The molecule has 0 aliphatic carbocycles. The van der Waals surface area contributed by atoms with Crippen LogP contribution in [0.25, 0.3) is 0 Å². The lowest BCUT2D eigenvalue weighted by molar-refractivity contribution is -0.274. The van der Waals surface area contributed by atoms with Gasteiger partial charge >= 0.3 is 18.4 Å². The van der Waals surface area contributed by atoms with E-state index in [0.717, 1.165) is 17.7 Å². The molecule has 0 spiro atoms. The number of rotatable bonds is 12. The van der Waals surface area contributed by atoms with Crippen LogP contribution < -0.4 is 10.1 Å². The van der Waals surface area contributed by atoms with Gasteiger partial charge in [0.05, 0.1) is 6.16 Å². The maximum absolute atomic E-state index is 13.4. The molecule has 0 radical (unpaired) electrons. The van der Waals surface area contributed by atoms with Crippen molar-refractivity contribution in [3.05, 3.63) is 102 Å². The molecule has 3 aromatic carbocycles. The number of esters is 1. The van der Waals surface area contributed by atoms with Gasteiger partial charge in [-0.1, -0.05) is 72.8 Å². The van der Waals surface area contributed by atoms with Crippen LogP contribution in [0.15, 0.2) is 84.9 Å². The first kappa shape index (κ1) is 29.7. The SMILES string of the molecule is O=C(CCC(NC(=O)OCc1ccccc1)P(=O)(O)Cc1cccc(OC(F)(F)F)c1)OCc1ccccc1. The summed E-state index contributed by atoms with van der Waals surface area (Å²) in [6.45, 7) is -0.106. The number of nitrogens with one attached hydrogen (secondary N) is 1. The van der Waals surface area contributed by atoms with Gasteiger partial charge in [0.15, 0.2) is 0 Å². The monoisotopic (exact) mass is 565 g/mol. The number of ether oxygens (including phenoxy) is 3. The second kappa shape index (κ2) is 13.8. The quantitative estimate of drug-likeness (QED) is 0.201. The summed E-state index contributed by atoms with van der Waals surface area (Å²) in [5, 5.41) is 2.34. The first-order valence-corrected chi connectivity index (χ1v) is 13.7. The Morgan fingerprint density at radius 3 is 2.00 bits per heavy atom. The van der Waals surface area contributed by atoms with Gasteiger partial charge in [-0.3, -0.25) is 9.36 Å². The van der Waals surface area contributed by atoms with Gasteiger partial charge in [0, 0.05) is 6.42 Å². The average Bonchev–Trinajstić information content (AvgIpc) is 2.88. The maximum Gasteiger partial charge on any atom is 0.573 e. The van der Waals surface area contributed by atoms with Gasteiger partial charge in [-0.25, -0.2) is 4.79 Å². The van der Waals surface area contributed by atoms with Crippen molar-refractivity contribution < 1.29 is 46.4 Å². The molecule has 2 N–H and O–H groups in total. The molecule has 12 heteroatoms. The minimum atomic E-state index is -4.94. The number of carbonyl (C=O) groups excluding carboxylic acids is 2. The van der Waals surface area contributed by atoms with Crippen molar-refractivity contribution in [3.8, 4) is 5.75 Å². The van der Waals surface area contributed by atoms with Gasteiger partial charge in [-0.05, 0) is 35.2 Å². The topological polar surface area (TPSA) is 111 Å². The van der Waals surface area contributed by atoms with E-state index in [1.54, 1.807) is 54.6 Å². The molecule has 0 bridgehead atoms. The second-order valence-electron chi connectivity index (χ2n) is 8.52. The van der Waals surface area contributed by atoms with Crippen molar-refractivity contribution >= 4 is 19.4 Å². The standard InChI is InChI=1S/C27H27F3NO7P/c28-27(29,30)38-23-13-7-12-22(16-23)19-39(34,35)24(31-26(33)37-18-21-10-5-2-6-11-21)14-15-25(32)36-17-20-8-3-1-4-9-20/h1-13,16,24H,14-15,17-19H2,(H,31,33)(H,34,35). The van der Waals surface area contributed by atoms with Gasteiger partial charge in [-0.15, -0.1) is 13.2 Å². The van der Waals surface area contributed by atoms with Crippen molar-refractivity contribution in [2.45, 2.75) is 44.4 Å². The van der Waals surface area contributed by atoms with Crippen molar-refractivity contribution in [2.24, 2.45) is 0 Å². The van der Waals surface area contributed by atoms with E-state index in [1.807, 2.05) is 6.07 Å². The molecule has 0 aliphatic rings. The third kappa shape index (κ3) is 10.8. The zero-order chi connectivity index (χ0) is 28.3. The smallest absolute Gasteiger partial charge is 0.461 e. The number of hydrogen-bond donors (Lipinski definition) is 2. The van der Waals surface area contributed by atoms with Crippen LogP contribution in [0.5, 0.6) is 5.75 Å². The highest BCUT2D eigenvalue weighted by atomic mass is 31.2.